The van der Waals surface area contributed by atoms with Crippen molar-refractivity contribution in [1.82, 2.24) is 15.1 Å². The number of carbonyl (C=O) groups excluding carboxylic acids is 1. The summed E-state index contributed by atoms with van der Waals surface area (Å²) in [6, 6.07) is 15.2. The van der Waals surface area contributed by atoms with E-state index in [0.29, 0.717) is 34.7 Å². The number of hydrogen-bond donors (Lipinski definition) is 0. The van der Waals surface area contributed by atoms with Crippen LogP contribution < -0.4 is 9.47 Å². The van der Waals surface area contributed by atoms with Gasteiger partial charge in [0, 0.05) is 19.7 Å². The van der Waals surface area contributed by atoms with E-state index in [-0.39, 0.29) is 11.2 Å². The molecule has 1 amide bonds. The van der Waals surface area contributed by atoms with E-state index in [4.69, 9.17) is 13.9 Å². The highest BCUT2D eigenvalue weighted by Crippen LogP contribution is 2.34. The van der Waals surface area contributed by atoms with Crippen LogP contribution in [0, 0.1) is 0 Å². The van der Waals surface area contributed by atoms with Crippen LogP contribution in [-0.2, 0) is 11.3 Å². The first-order valence-corrected chi connectivity index (χ1v) is 9.91. The number of rotatable bonds is 8. The number of aromatic nitrogens is 2. The standard InChI is InChI=1S/C21H23N3O4S/c1-14(20(25)24(2)13-15-8-6-5-7-9-15)29-21-23-22-19(28-21)17-11-10-16(26-3)12-18(17)27-4/h5-12,14H,13H2,1-4H3. The fourth-order valence-corrected chi connectivity index (χ4v) is 3.59. The number of benzene rings is 2. The molecule has 1 unspecified atom stereocenters. The summed E-state index contributed by atoms with van der Waals surface area (Å²) in [5.41, 5.74) is 1.74. The van der Waals surface area contributed by atoms with Crippen molar-refractivity contribution in [3.05, 3.63) is 54.1 Å². The monoisotopic (exact) mass is 413 g/mol. The van der Waals surface area contributed by atoms with Gasteiger partial charge in [0.1, 0.15) is 11.5 Å². The topological polar surface area (TPSA) is 77.7 Å². The second-order valence-corrected chi connectivity index (χ2v) is 7.67. The van der Waals surface area contributed by atoms with Crippen molar-refractivity contribution in [2.24, 2.45) is 0 Å². The van der Waals surface area contributed by atoms with Crippen LogP contribution in [0.15, 0.2) is 58.2 Å². The fourth-order valence-electron chi connectivity index (χ4n) is 2.79. The number of hydrogen-bond acceptors (Lipinski definition) is 7. The van der Waals surface area contributed by atoms with E-state index in [1.807, 2.05) is 37.3 Å². The molecule has 3 aromatic rings. The molecular weight excluding hydrogens is 390 g/mol. The molecule has 1 atom stereocenters. The third-order valence-electron chi connectivity index (χ3n) is 4.31. The summed E-state index contributed by atoms with van der Waals surface area (Å²) in [5.74, 6) is 1.54. The number of thioether (sulfide) groups is 1. The Morgan fingerprint density at radius 1 is 1.14 bits per heavy atom. The maximum Gasteiger partial charge on any atom is 0.277 e. The van der Waals surface area contributed by atoms with Gasteiger partial charge in [0.25, 0.3) is 11.1 Å². The smallest absolute Gasteiger partial charge is 0.277 e. The average molecular weight is 413 g/mol. The molecule has 0 saturated carbocycles. The Hall–Kier alpha value is -3.00. The van der Waals surface area contributed by atoms with Gasteiger partial charge < -0.3 is 18.8 Å². The van der Waals surface area contributed by atoms with Crippen LogP contribution in [0.5, 0.6) is 11.5 Å². The molecule has 0 fully saturated rings. The van der Waals surface area contributed by atoms with Crippen LogP contribution in [0.4, 0.5) is 0 Å². The van der Waals surface area contributed by atoms with E-state index >= 15 is 0 Å². The van der Waals surface area contributed by atoms with Crippen molar-refractivity contribution in [2.45, 2.75) is 23.9 Å². The van der Waals surface area contributed by atoms with Gasteiger partial charge in [-0.3, -0.25) is 4.79 Å². The van der Waals surface area contributed by atoms with Crippen molar-refractivity contribution >= 4 is 17.7 Å². The summed E-state index contributed by atoms with van der Waals surface area (Å²) in [7, 11) is 4.94. The molecule has 2 aromatic carbocycles. The van der Waals surface area contributed by atoms with Gasteiger partial charge in [-0.05, 0) is 24.6 Å². The Labute approximate surface area is 174 Å². The summed E-state index contributed by atoms with van der Waals surface area (Å²) in [6.07, 6.45) is 0. The van der Waals surface area contributed by atoms with Gasteiger partial charge in [0.2, 0.25) is 5.91 Å². The van der Waals surface area contributed by atoms with E-state index in [1.165, 1.54) is 11.8 Å². The predicted octanol–water partition coefficient (Wildman–Crippen LogP) is 3.89. The molecule has 7 nitrogen and oxygen atoms in total. The zero-order valence-electron chi connectivity index (χ0n) is 16.8. The lowest BCUT2D eigenvalue weighted by Crippen LogP contribution is -2.32. The molecule has 8 heteroatoms. The molecule has 1 heterocycles. The zero-order chi connectivity index (χ0) is 20.8. The Morgan fingerprint density at radius 2 is 1.90 bits per heavy atom. The summed E-state index contributed by atoms with van der Waals surface area (Å²) in [4.78, 5) is 14.4. The lowest BCUT2D eigenvalue weighted by molar-refractivity contribution is -0.129. The van der Waals surface area contributed by atoms with Crippen molar-refractivity contribution in [3.63, 3.8) is 0 Å². The molecule has 152 valence electrons. The van der Waals surface area contributed by atoms with Gasteiger partial charge in [0.15, 0.2) is 0 Å². The third kappa shape index (κ3) is 5.08. The van der Waals surface area contributed by atoms with Crippen molar-refractivity contribution in [3.8, 4) is 23.0 Å². The molecule has 0 aliphatic rings. The van der Waals surface area contributed by atoms with Gasteiger partial charge >= 0.3 is 0 Å². The van der Waals surface area contributed by atoms with Gasteiger partial charge in [-0.15, -0.1) is 10.2 Å². The molecule has 0 aliphatic carbocycles. The Bertz CT molecular complexity index is 962. The minimum absolute atomic E-state index is 0.0133. The summed E-state index contributed by atoms with van der Waals surface area (Å²) < 4.78 is 16.3. The van der Waals surface area contributed by atoms with Crippen molar-refractivity contribution < 1.29 is 18.7 Å². The first-order valence-electron chi connectivity index (χ1n) is 9.03. The highest BCUT2D eigenvalue weighted by Gasteiger charge is 2.22. The predicted molar refractivity (Wildman–Crippen MR) is 111 cm³/mol. The van der Waals surface area contributed by atoms with Crippen LogP contribution in [0.3, 0.4) is 0 Å². The lowest BCUT2D eigenvalue weighted by Gasteiger charge is -2.20. The highest BCUT2D eigenvalue weighted by molar-refractivity contribution is 8.00. The molecule has 29 heavy (non-hydrogen) atoms. The molecular formula is C21H23N3O4S. The highest BCUT2D eigenvalue weighted by atomic mass is 32.2. The number of amides is 1. The van der Waals surface area contributed by atoms with Crippen LogP contribution in [0.2, 0.25) is 0 Å². The second-order valence-electron chi connectivity index (χ2n) is 6.38. The Kier molecular flexibility index (Phi) is 6.77. The fraction of sp³-hybridized carbons (Fsp3) is 0.286. The molecule has 1 aromatic heterocycles. The molecule has 0 saturated heterocycles. The van der Waals surface area contributed by atoms with E-state index in [2.05, 4.69) is 10.2 Å². The molecule has 3 rings (SSSR count). The maximum atomic E-state index is 12.7. The van der Waals surface area contributed by atoms with Gasteiger partial charge in [-0.2, -0.15) is 0 Å². The van der Waals surface area contributed by atoms with Crippen molar-refractivity contribution in [2.75, 3.05) is 21.3 Å². The SMILES string of the molecule is COc1ccc(-c2nnc(SC(C)C(=O)N(C)Cc3ccccc3)o2)c(OC)c1. The second kappa shape index (κ2) is 9.47. The summed E-state index contributed by atoms with van der Waals surface area (Å²) in [5, 5.41) is 8.12. The Morgan fingerprint density at radius 3 is 2.59 bits per heavy atom. The lowest BCUT2D eigenvalue weighted by atomic mass is 10.2. The average Bonchev–Trinajstić information content (AvgIpc) is 3.21. The van der Waals surface area contributed by atoms with E-state index in [9.17, 15) is 4.79 Å². The van der Waals surface area contributed by atoms with Crippen LogP contribution >= 0.6 is 11.8 Å². The maximum absolute atomic E-state index is 12.7. The van der Waals surface area contributed by atoms with Gasteiger partial charge in [-0.1, -0.05) is 42.1 Å². The minimum atomic E-state index is -0.366. The normalized spacial score (nSPS) is 11.7. The van der Waals surface area contributed by atoms with Gasteiger partial charge in [0.05, 0.1) is 25.0 Å². The number of carbonyl (C=O) groups is 1. The van der Waals surface area contributed by atoms with Gasteiger partial charge in [-0.25, -0.2) is 0 Å². The summed E-state index contributed by atoms with van der Waals surface area (Å²) >= 11 is 1.23. The Balaban J connectivity index is 1.67. The first-order chi connectivity index (χ1) is 14.0. The number of ether oxygens (including phenoxy) is 2. The van der Waals surface area contributed by atoms with E-state index < -0.39 is 0 Å². The number of nitrogens with zero attached hydrogens (tertiary/aromatic N) is 3. The zero-order valence-corrected chi connectivity index (χ0v) is 17.6. The molecule has 0 radical (unpaired) electrons. The van der Waals surface area contributed by atoms with E-state index in [0.717, 1.165) is 5.56 Å². The molecule has 0 aliphatic heterocycles. The quantitative estimate of drug-likeness (QED) is 0.518. The summed E-state index contributed by atoms with van der Waals surface area (Å²) in [6.45, 7) is 2.37. The minimum Gasteiger partial charge on any atom is -0.497 e. The van der Waals surface area contributed by atoms with Crippen LogP contribution in [0.1, 0.15) is 12.5 Å². The van der Waals surface area contributed by atoms with Crippen molar-refractivity contribution in [1.29, 1.82) is 0 Å². The van der Waals surface area contributed by atoms with Crippen LogP contribution in [-0.4, -0.2) is 47.5 Å². The largest absolute Gasteiger partial charge is 0.497 e. The van der Waals surface area contributed by atoms with E-state index in [1.54, 1.807) is 44.4 Å². The molecule has 0 bridgehead atoms. The van der Waals surface area contributed by atoms with Crippen LogP contribution in [0.25, 0.3) is 11.5 Å². The first kappa shape index (κ1) is 20.7. The molecule has 0 N–H and O–H groups in total. The third-order valence-corrected chi connectivity index (χ3v) is 5.23. The molecule has 0 spiro atoms. The number of methoxy groups -OCH3 is 2.